The lowest BCUT2D eigenvalue weighted by atomic mass is 9.98. The van der Waals surface area contributed by atoms with Gasteiger partial charge in [0.15, 0.2) is 0 Å². The van der Waals surface area contributed by atoms with Crippen LogP contribution in [0, 0.1) is 0 Å². The first-order valence-electron chi connectivity index (χ1n) is 12.1. The number of nitrogens with zero attached hydrogens (tertiary/aromatic N) is 1. The van der Waals surface area contributed by atoms with Crippen molar-refractivity contribution in [1.29, 1.82) is 0 Å². The van der Waals surface area contributed by atoms with Crippen LogP contribution in [0.4, 0.5) is 4.79 Å². The number of hydrogen-bond donors (Lipinski definition) is 2. The molecule has 0 bridgehead atoms. The molecule has 2 aromatic rings. The molecule has 2 N–H and O–H groups in total. The first-order valence-corrected chi connectivity index (χ1v) is 12.1. The van der Waals surface area contributed by atoms with Crippen LogP contribution in [0.25, 0.3) is 11.1 Å². The Morgan fingerprint density at radius 3 is 2.32 bits per heavy atom. The summed E-state index contributed by atoms with van der Waals surface area (Å²) in [4.78, 5) is 38.6. The van der Waals surface area contributed by atoms with Crippen LogP contribution >= 0.6 is 0 Å². The molecule has 0 saturated carbocycles. The van der Waals surface area contributed by atoms with Gasteiger partial charge in [0.1, 0.15) is 12.6 Å². The van der Waals surface area contributed by atoms with Crippen molar-refractivity contribution >= 4 is 18.0 Å². The normalized spacial score (nSPS) is 18.0. The van der Waals surface area contributed by atoms with Crippen molar-refractivity contribution in [2.75, 3.05) is 13.2 Å². The van der Waals surface area contributed by atoms with Crippen LogP contribution in [0.3, 0.4) is 0 Å². The monoisotopic (exact) mass is 464 g/mol. The molecule has 2 aliphatic rings. The van der Waals surface area contributed by atoms with E-state index in [4.69, 9.17) is 4.74 Å². The molecule has 34 heavy (non-hydrogen) atoms. The van der Waals surface area contributed by atoms with E-state index in [1.807, 2.05) is 31.2 Å². The van der Waals surface area contributed by atoms with E-state index in [9.17, 15) is 19.5 Å². The van der Waals surface area contributed by atoms with Crippen LogP contribution in [-0.4, -0.2) is 53.2 Å². The zero-order chi connectivity index (χ0) is 24.1. The third-order valence-electron chi connectivity index (χ3n) is 6.83. The van der Waals surface area contributed by atoms with E-state index in [2.05, 4.69) is 29.6 Å². The van der Waals surface area contributed by atoms with Crippen LogP contribution in [0.1, 0.15) is 62.5 Å². The second-order valence-corrected chi connectivity index (χ2v) is 9.10. The molecular formula is C27H32N2O5. The number of nitrogens with one attached hydrogen (secondary N) is 1. The summed E-state index contributed by atoms with van der Waals surface area (Å²) in [6.45, 7) is 2.64. The Kier molecular flexibility index (Phi) is 7.50. The van der Waals surface area contributed by atoms with E-state index in [0.29, 0.717) is 19.4 Å². The lowest BCUT2D eigenvalue weighted by molar-refractivity contribution is -0.152. The number of aliphatic carboxylic acids is 1. The first-order chi connectivity index (χ1) is 16.5. The molecule has 2 amide bonds. The average molecular weight is 465 g/mol. The number of likely N-dealkylation sites (tertiary alicyclic amines) is 1. The van der Waals surface area contributed by atoms with E-state index in [-0.39, 0.29) is 24.9 Å². The topological polar surface area (TPSA) is 95.9 Å². The van der Waals surface area contributed by atoms with Crippen molar-refractivity contribution in [2.24, 2.45) is 0 Å². The Hall–Kier alpha value is -3.35. The highest BCUT2D eigenvalue weighted by atomic mass is 16.5. The molecule has 1 aliphatic carbocycles. The maximum absolute atomic E-state index is 12.9. The van der Waals surface area contributed by atoms with Crippen molar-refractivity contribution in [3.05, 3.63) is 59.7 Å². The van der Waals surface area contributed by atoms with Gasteiger partial charge in [-0.1, -0.05) is 61.9 Å². The molecule has 2 aromatic carbocycles. The van der Waals surface area contributed by atoms with Crippen molar-refractivity contribution < 1.29 is 24.2 Å². The van der Waals surface area contributed by atoms with Crippen LogP contribution < -0.4 is 5.32 Å². The largest absolute Gasteiger partial charge is 0.480 e. The van der Waals surface area contributed by atoms with Gasteiger partial charge < -0.3 is 20.1 Å². The fraction of sp³-hybridized carbons (Fsp3) is 0.444. The number of benzene rings is 2. The van der Waals surface area contributed by atoms with E-state index in [1.165, 1.54) is 4.90 Å². The van der Waals surface area contributed by atoms with Gasteiger partial charge in [0, 0.05) is 24.9 Å². The molecule has 1 saturated heterocycles. The highest BCUT2D eigenvalue weighted by Gasteiger charge is 2.33. The highest BCUT2D eigenvalue weighted by Crippen LogP contribution is 2.44. The summed E-state index contributed by atoms with van der Waals surface area (Å²) in [7, 11) is 0. The third kappa shape index (κ3) is 5.08. The first kappa shape index (κ1) is 23.8. The van der Waals surface area contributed by atoms with Crippen molar-refractivity contribution in [2.45, 2.75) is 63.5 Å². The number of amides is 2. The fourth-order valence-electron chi connectivity index (χ4n) is 5.20. The third-order valence-corrected chi connectivity index (χ3v) is 6.83. The number of hydrogen-bond acceptors (Lipinski definition) is 4. The highest BCUT2D eigenvalue weighted by molar-refractivity contribution is 5.84. The summed E-state index contributed by atoms with van der Waals surface area (Å²) in [6.07, 6.45) is 2.99. The van der Waals surface area contributed by atoms with Gasteiger partial charge in [-0.05, 0) is 47.9 Å². The van der Waals surface area contributed by atoms with Gasteiger partial charge in [0.25, 0.3) is 0 Å². The number of carboxylic acid groups (broad SMARTS) is 1. The smallest absolute Gasteiger partial charge is 0.407 e. The van der Waals surface area contributed by atoms with Crippen molar-refractivity contribution in [3.63, 3.8) is 0 Å². The molecule has 4 rings (SSSR count). The SMILES string of the molecule is CCC[C@@H](CC(=O)N1CCCC[C@@H]1C(=O)O)NC(=O)OCC1c2ccccc2-c2ccccc21. The summed E-state index contributed by atoms with van der Waals surface area (Å²) in [5.41, 5.74) is 4.61. The van der Waals surface area contributed by atoms with Crippen molar-refractivity contribution in [3.8, 4) is 11.1 Å². The van der Waals surface area contributed by atoms with E-state index in [1.54, 1.807) is 0 Å². The number of ether oxygens (including phenoxy) is 1. The summed E-state index contributed by atoms with van der Waals surface area (Å²) in [5, 5.41) is 12.3. The number of rotatable bonds is 8. The molecule has 180 valence electrons. The number of carbonyl (C=O) groups excluding carboxylic acids is 2. The van der Waals surface area contributed by atoms with E-state index < -0.39 is 24.1 Å². The Morgan fingerprint density at radius 1 is 1.06 bits per heavy atom. The minimum atomic E-state index is -0.968. The molecule has 7 heteroatoms. The molecule has 1 fully saturated rings. The lowest BCUT2D eigenvalue weighted by Gasteiger charge is -2.34. The summed E-state index contributed by atoms with van der Waals surface area (Å²) in [6, 6.07) is 15.1. The van der Waals surface area contributed by atoms with E-state index in [0.717, 1.165) is 41.5 Å². The molecule has 0 unspecified atom stereocenters. The van der Waals surface area contributed by atoms with Crippen LogP contribution in [-0.2, 0) is 14.3 Å². The maximum Gasteiger partial charge on any atom is 0.407 e. The summed E-state index contributed by atoms with van der Waals surface area (Å²) >= 11 is 0. The molecule has 0 spiro atoms. The van der Waals surface area contributed by atoms with Gasteiger partial charge >= 0.3 is 12.1 Å². The lowest BCUT2D eigenvalue weighted by Crippen LogP contribution is -2.50. The predicted molar refractivity (Wildman–Crippen MR) is 129 cm³/mol. The number of alkyl carbamates (subject to hydrolysis) is 1. The van der Waals surface area contributed by atoms with Gasteiger partial charge in [0.2, 0.25) is 5.91 Å². The summed E-state index contributed by atoms with van der Waals surface area (Å²) < 4.78 is 5.63. The van der Waals surface area contributed by atoms with Gasteiger partial charge in [0.05, 0.1) is 0 Å². The second-order valence-electron chi connectivity index (χ2n) is 9.10. The van der Waals surface area contributed by atoms with Gasteiger partial charge in [-0.3, -0.25) is 4.79 Å². The van der Waals surface area contributed by atoms with E-state index >= 15 is 0 Å². The molecule has 7 nitrogen and oxygen atoms in total. The fourth-order valence-corrected chi connectivity index (χ4v) is 5.20. The Morgan fingerprint density at radius 2 is 1.71 bits per heavy atom. The Bertz CT molecular complexity index is 1010. The Balaban J connectivity index is 1.37. The quantitative estimate of drug-likeness (QED) is 0.598. The van der Waals surface area contributed by atoms with Crippen molar-refractivity contribution in [1.82, 2.24) is 10.2 Å². The average Bonchev–Trinajstić information content (AvgIpc) is 3.16. The molecule has 0 aromatic heterocycles. The van der Waals surface area contributed by atoms with Gasteiger partial charge in [-0.25, -0.2) is 9.59 Å². The minimum absolute atomic E-state index is 0.0333. The second kappa shape index (κ2) is 10.7. The van der Waals surface area contributed by atoms with Crippen LogP contribution in [0.2, 0.25) is 0 Å². The number of carbonyl (C=O) groups is 3. The van der Waals surface area contributed by atoms with Crippen LogP contribution in [0.5, 0.6) is 0 Å². The molecular weight excluding hydrogens is 432 g/mol. The molecule has 2 atom stereocenters. The number of carboxylic acids is 1. The zero-order valence-corrected chi connectivity index (χ0v) is 19.5. The Labute approximate surface area is 200 Å². The van der Waals surface area contributed by atoms with Gasteiger partial charge in [-0.2, -0.15) is 0 Å². The molecule has 1 aliphatic heterocycles. The molecule has 1 heterocycles. The van der Waals surface area contributed by atoms with Gasteiger partial charge in [-0.15, -0.1) is 0 Å². The number of fused-ring (bicyclic) bond motifs is 3. The summed E-state index contributed by atoms with van der Waals surface area (Å²) in [5.74, 6) is -1.23. The zero-order valence-electron chi connectivity index (χ0n) is 19.5. The predicted octanol–water partition coefficient (Wildman–Crippen LogP) is 4.55. The molecule has 0 radical (unpaired) electrons. The van der Waals surface area contributed by atoms with Crippen LogP contribution in [0.15, 0.2) is 48.5 Å². The number of piperidine rings is 1. The minimum Gasteiger partial charge on any atom is -0.480 e. The standard InChI is InChI=1S/C27H32N2O5/c1-2-9-18(16-25(30)29-15-8-7-14-24(29)26(31)32)28-27(33)34-17-23-21-12-5-3-10-19(21)20-11-4-6-13-22(20)23/h3-6,10-13,18,23-24H,2,7-9,14-17H2,1H3,(H,28,33)(H,31,32)/t18-,24+/m0/s1. The maximum atomic E-state index is 12.9.